The normalized spacial score (nSPS) is 17.5. The number of nitrogens with one attached hydrogen (secondary N) is 3. The lowest BCUT2D eigenvalue weighted by molar-refractivity contribution is 0.0921. The molecule has 0 aliphatic heterocycles. The summed E-state index contributed by atoms with van der Waals surface area (Å²) in [6.07, 6.45) is 7.06. The molecule has 4 aromatic rings. The summed E-state index contributed by atoms with van der Waals surface area (Å²) >= 11 is 0. The molecule has 1 saturated carbocycles. The smallest absolute Gasteiger partial charge is 0.270 e. The lowest BCUT2D eigenvalue weighted by atomic mass is 9.91. The van der Waals surface area contributed by atoms with Gasteiger partial charge in [0, 0.05) is 61.3 Å². The number of fused-ring (bicyclic) bond motifs is 1. The maximum Gasteiger partial charge on any atom is 0.270 e. The van der Waals surface area contributed by atoms with Crippen molar-refractivity contribution in [2.24, 2.45) is 0 Å². The van der Waals surface area contributed by atoms with Gasteiger partial charge < -0.3 is 20.5 Å². The number of nitrogens with zero attached hydrogens (tertiary/aromatic N) is 4. The fraction of sp³-hybridized carbons (Fsp3) is 0.308. The predicted octanol–water partition coefficient (Wildman–Crippen LogP) is 4.66. The second kappa shape index (κ2) is 10.1. The monoisotopic (exact) mass is 509 g/mol. The Kier molecular flexibility index (Phi) is 6.68. The van der Waals surface area contributed by atoms with Gasteiger partial charge in [-0.3, -0.25) is 9.78 Å². The minimum absolute atomic E-state index is 0.00597. The van der Waals surface area contributed by atoms with E-state index in [1.807, 2.05) is 25.1 Å². The summed E-state index contributed by atoms with van der Waals surface area (Å²) in [5, 5.41) is 6.43. The van der Waals surface area contributed by atoms with Crippen LogP contribution in [0.3, 0.4) is 0 Å². The van der Waals surface area contributed by atoms with Crippen molar-refractivity contribution in [2.75, 3.05) is 24.3 Å². The second-order valence-electron chi connectivity index (χ2n) is 9.37. The van der Waals surface area contributed by atoms with E-state index in [4.69, 9.17) is 0 Å². The lowest BCUT2D eigenvalue weighted by Gasteiger charge is -2.30. The highest BCUT2D eigenvalue weighted by atomic mass is 19.1. The summed E-state index contributed by atoms with van der Waals surface area (Å²) in [6, 6.07) is 5.26. The molecule has 0 bridgehead atoms. The molecular weight excluding hydrogens is 483 g/mol. The van der Waals surface area contributed by atoms with E-state index in [9.17, 15) is 18.0 Å². The van der Waals surface area contributed by atoms with Crippen molar-refractivity contribution in [2.45, 2.75) is 37.8 Å². The highest BCUT2D eigenvalue weighted by Gasteiger charge is 2.26. The van der Waals surface area contributed by atoms with E-state index < -0.39 is 17.5 Å². The maximum absolute atomic E-state index is 14.6. The van der Waals surface area contributed by atoms with Gasteiger partial charge >= 0.3 is 0 Å². The van der Waals surface area contributed by atoms with E-state index in [1.54, 1.807) is 12.3 Å². The molecule has 8 nitrogen and oxygen atoms in total. The fourth-order valence-electron chi connectivity index (χ4n) is 4.66. The van der Waals surface area contributed by atoms with Crippen LogP contribution in [-0.2, 0) is 0 Å². The molecule has 0 unspecified atom stereocenters. The van der Waals surface area contributed by atoms with Gasteiger partial charge in [0.2, 0.25) is 0 Å². The van der Waals surface area contributed by atoms with Crippen molar-refractivity contribution in [3.05, 3.63) is 66.0 Å². The number of aromatic nitrogens is 4. The molecule has 3 aromatic heterocycles. The maximum atomic E-state index is 14.6. The van der Waals surface area contributed by atoms with Crippen LogP contribution in [-0.4, -0.2) is 52.0 Å². The SMILES string of the molecule is CN(C)c1ccnc(C(=O)N[C@@H]2CCC[C@H](Nc3nc(-c4c[nH]c5c(F)cc(F)cc45)ncc3F)C2)c1. The van der Waals surface area contributed by atoms with Crippen molar-refractivity contribution >= 4 is 28.3 Å². The van der Waals surface area contributed by atoms with Gasteiger partial charge in [-0.1, -0.05) is 0 Å². The highest BCUT2D eigenvalue weighted by molar-refractivity contribution is 5.94. The van der Waals surface area contributed by atoms with Crippen LogP contribution < -0.4 is 15.5 Å². The topological polar surface area (TPSA) is 98.8 Å². The van der Waals surface area contributed by atoms with E-state index in [1.165, 1.54) is 12.3 Å². The highest BCUT2D eigenvalue weighted by Crippen LogP contribution is 2.30. The number of carbonyl (C=O) groups excluding carboxylic acids is 1. The molecule has 0 saturated heterocycles. The number of benzene rings is 1. The molecule has 1 aliphatic carbocycles. The number of carbonyl (C=O) groups is 1. The summed E-state index contributed by atoms with van der Waals surface area (Å²) in [5.74, 6) is -2.24. The van der Waals surface area contributed by atoms with Gasteiger partial charge in [-0.25, -0.2) is 23.1 Å². The summed E-state index contributed by atoms with van der Waals surface area (Å²) in [4.78, 5) is 30.0. The molecule has 1 fully saturated rings. The molecular formula is C26H26F3N7O. The van der Waals surface area contributed by atoms with Crippen molar-refractivity contribution < 1.29 is 18.0 Å². The molecule has 0 spiro atoms. The summed E-state index contributed by atoms with van der Waals surface area (Å²) < 4.78 is 42.6. The van der Waals surface area contributed by atoms with E-state index in [2.05, 4.69) is 30.6 Å². The summed E-state index contributed by atoms with van der Waals surface area (Å²) in [6.45, 7) is 0. The average Bonchev–Trinajstić information content (AvgIpc) is 3.30. The summed E-state index contributed by atoms with van der Waals surface area (Å²) in [7, 11) is 3.78. The molecule has 3 N–H and O–H groups in total. The second-order valence-corrected chi connectivity index (χ2v) is 9.37. The number of amides is 1. The van der Waals surface area contributed by atoms with Crippen molar-refractivity contribution in [1.82, 2.24) is 25.3 Å². The van der Waals surface area contributed by atoms with Crippen LogP contribution in [0.4, 0.5) is 24.7 Å². The Hall–Kier alpha value is -4.15. The number of H-pyrrole nitrogens is 1. The zero-order valence-electron chi connectivity index (χ0n) is 20.4. The number of pyridine rings is 1. The van der Waals surface area contributed by atoms with Gasteiger partial charge in [0.1, 0.15) is 17.3 Å². The van der Waals surface area contributed by atoms with Gasteiger partial charge in [-0.2, -0.15) is 0 Å². The molecule has 192 valence electrons. The van der Waals surface area contributed by atoms with Crippen molar-refractivity contribution in [3.8, 4) is 11.4 Å². The first kappa shape index (κ1) is 24.5. The van der Waals surface area contributed by atoms with E-state index >= 15 is 0 Å². The Morgan fingerprint density at radius 1 is 1.08 bits per heavy atom. The standard InChI is InChI=1S/C26H26F3N7O/c1-36(2)17-6-7-30-22(11-17)26(37)34-16-5-3-4-15(10-16)33-25-21(29)13-32-24(35-25)19-12-31-23-18(19)8-14(27)9-20(23)28/h6-9,11-13,15-16,31H,3-5,10H2,1-2H3,(H,34,37)(H,32,33,35)/t15-,16+/m0/s1. The molecule has 11 heteroatoms. The number of halogens is 3. The minimum Gasteiger partial charge on any atom is -0.378 e. The predicted molar refractivity (Wildman–Crippen MR) is 135 cm³/mol. The van der Waals surface area contributed by atoms with E-state index in [0.717, 1.165) is 37.2 Å². The van der Waals surface area contributed by atoms with Gasteiger partial charge in [-0.05, 0) is 43.9 Å². The van der Waals surface area contributed by atoms with Crippen LogP contribution in [0.2, 0.25) is 0 Å². The largest absolute Gasteiger partial charge is 0.378 e. The Morgan fingerprint density at radius 3 is 2.70 bits per heavy atom. The van der Waals surface area contributed by atoms with Gasteiger partial charge in [0.15, 0.2) is 17.5 Å². The molecule has 3 heterocycles. The van der Waals surface area contributed by atoms with Crippen LogP contribution in [0.25, 0.3) is 22.3 Å². The van der Waals surface area contributed by atoms with Crippen LogP contribution >= 0.6 is 0 Å². The molecule has 1 amide bonds. The van der Waals surface area contributed by atoms with Crippen LogP contribution in [0, 0.1) is 17.5 Å². The number of hydrogen-bond acceptors (Lipinski definition) is 6. The molecule has 5 rings (SSSR count). The first-order valence-corrected chi connectivity index (χ1v) is 12.0. The Morgan fingerprint density at radius 2 is 1.89 bits per heavy atom. The lowest BCUT2D eigenvalue weighted by Crippen LogP contribution is -2.42. The van der Waals surface area contributed by atoms with E-state index in [0.29, 0.717) is 17.7 Å². The zero-order valence-corrected chi connectivity index (χ0v) is 20.4. The van der Waals surface area contributed by atoms with Crippen molar-refractivity contribution in [1.29, 1.82) is 0 Å². The Labute approximate surface area is 211 Å². The molecule has 2 atom stereocenters. The third-order valence-corrected chi connectivity index (χ3v) is 6.53. The molecule has 1 aliphatic rings. The van der Waals surface area contributed by atoms with Gasteiger partial charge in [0.05, 0.1) is 11.7 Å². The van der Waals surface area contributed by atoms with Gasteiger partial charge in [-0.15, -0.1) is 0 Å². The van der Waals surface area contributed by atoms with Crippen LogP contribution in [0.15, 0.2) is 42.9 Å². The fourth-order valence-corrected chi connectivity index (χ4v) is 4.66. The zero-order chi connectivity index (χ0) is 26.1. The van der Waals surface area contributed by atoms with Crippen LogP contribution in [0.5, 0.6) is 0 Å². The number of aromatic amines is 1. The van der Waals surface area contributed by atoms with Gasteiger partial charge in [0.25, 0.3) is 5.91 Å². The third-order valence-electron chi connectivity index (χ3n) is 6.53. The minimum atomic E-state index is -0.736. The Balaban J connectivity index is 1.30. The Bertz CT molecular complexity index is 1460. The molecule has 1 aromatic carbocycles. The molecule has 0 radical (unpaired) electrons. The van der Waals surface area contributed by atoms with Crippen molar-refractivity contribution in [3.63, 3.8) is 0 Å². The molecule has 37 heavy (non-hydrogen) atoms. The number of hydrogen-bond donors (Lipinski definition) is 3. The quantitative estimate of drug-likeness (QED) is 0.350. The van der Waals surface area contributed by atoms with E-state index in [-0.39, 0.29) is 40.5 Å². The number of anilines is 2. The number of rotatable bonds is 6. The average molecular weight is 510 g/mol. The first-order valence-electron chi connectivity index (χ1n) is 12.0. The van der Waals surface area contributed by atoms with Crippen LogP contribution in [0.1, 0.15) is 36.2 Å². The third kappa shape index (κ3) is 5.20. The first-order chi connectivity index (χ1) is 17.8. The summed E-state index contributed by atoms with van der Waals surface area (Å²) in [5.41, 5.74) is 1.69.